The fourth-order valence-electron chi connectivity index (χ4n) is 3.31. The number of fused-ring (bicyclic) bond motifs is 2. The Hall–Kier alpha value is -2.41. The van der Waals surface area contributed by atoms with Crippen LogP contribution < -0.4 is 5.56 Å². The van der Waals surface area contributed by atoms with E-state index < -0.39 is 0 Å². The van der Waals surface area contributed by atoms with Crippen LogP contribution in [0.4, 0.5) is 0 Å². The van der Waals surface area contributed by atoms with Crippen LogP contribution in [0, 0.1) is 10.5 Å². The van der Waals surface area contributed by atoms with Crippen molar-refractivity contribution in [2.24, 2.45) is 0 Å². The zero-order valence-corrected chi connectivity index (χ0v) is 16.7. The zero-order chi connectivity index (χ0) is 18.3. The molecule has 4 aromatic rings. The number of rotatable bonds is 3. The second-order valence-corrected chi connectivity index (χ2v) is 7.47. The van der Waals surface area contributed by atoms with E-state index in [2.05, 4.69) is 46.6 Å². The van der Waals surface area contributed by atoms with Gasteiger partial charge in [-0.25, -0.2) is 4.98 Å². The van der Waals surface area contributed by atoms with Gasteiger partial charge >= 0.3 is 0 Å². The standard InChI is InChI=1S/C21H18IN3O/c1-3-25-20(24-19-10-8-14(22)12-17(19)21(25)26)11-9-15-13(2)23-18-7-5-4-6-16(15)18/h4-12,23H,3H2,1-2H3. The van der Waals surface area contributed by atoms with E-state index >= 15 is 0 Å². The second-order valence-electron chi connectivity index (χ2n) is 6.22. The molecule has 2 aromatic carbocycles. The Morgan fingerprint density at radius 1 is 1.15 bits per heavy atom. The molecule has 1 N–H and O–H groups in total. The van der Waals surface area contributed by atoms with Crippen LogP contribution in [0.2, 0.25) is 0 Å². The van der Waals surface area contributed by atoms with E-state index in [9.17, 15) is 4.79 Å². The number of H-pyrrole nitrogens is 1. The Kier molecular flexibility index (Phi) is 4.40. The molecule has 130 valence electrons. The summed E-state index contributed by atoms with van der Waals surface area (Å²) in [5.74, 6) is 0.677. The molecule has 2 aromatic heterocycles. The molecule has 0 aliphatic carbocycles. The summed E-state index contributed by atoms with van der Waals surface area (Å²) in [5, 5.41) is 1.83. The first-order chi connectivity index (χ1) is 12.6. The van der Waals surface area contributed by atoms with Crippen LogP contribution in [0.25, 0.3) is 34.0 Å². The summed E-state index contributed by atoms with van der Waals surface area (Å²) in [6.07, 6.45) is 3.98. The van der Waals surface area contributed by atoms with Gasteiger partial charge in [0, 0.05) is 32.3 Å². The van der Waals surface area contributed by atoms with Crippen LogP contribution in [0.15, 0.2) is 47.3 Å². The molecule has 4 rings (SSSR count). The van der Waals surface area contributed by atoms with Crippen LogP contribution in [0.5, 0.6) is 0 Å². The largest absolute Gasteiger partial charge is 0.358 e. The average Bonchev–Trinajstić information content (AvgIpc) is 2.96. The van der Waals surface area contributed by atoms with Crippen molar-refractivity contribution in [2.75, 3.05) is 0 Å². The first-order valence-electron chi connectivity index (χ1n) is 8.54. The first kappa shape index (κ1) is 17.0. The van der Waals surface area contributed by atoms with E-state index in [4.69, 9.17) is 4.98 Å². The minimum Gasteiger partial charge on any atom is -0.358 e. The highest BCUT2D eigenvalue weighted by Crippen LogP contribution is 2.24. The topological polar surface area (TPSA) is 50.7 Å². The van der Waals surface area contributed by atoms with Crippen molar-refractivity contribution in [3.8, 4) is 0 Å². The summed E-state index contributed by atoms with van der Waals surface area (Å²) < 4.78 is 2.76. The Morgan fingerprint density at radius 2 is 1.96 bits per heavy atom. The lowest BCUT2D eigenvalue weighted by Gasteiger charge is -2.09. The molecule has 0 aliphatic rings. The van der Waals surface area contributed by atoms with E-state index in [1.165, 1.54) is 5.39 Å². The Balaban J connectivity index is 1.89. The highest BCUT2D eigenvalue weighted by Gasteiger charge is 2.09. The van der Waals surface area contributed by atoms with Crippen molar-refractivity contribution in [1.82, 2.24) is 14.5 Å². The van der Waals surface area contributed by atoms with Gasteiger partial charge in [0.15, 0.2) is 0 Å². The van der Waals surface area contributed by atoms with Gasteiger partial charge < -0.3 is 4.98 Å². The maximum absolute atomic E-state index is 12.9. The van der Waals surface area contributed by atoms with Crippen LogP contribution in [0.3, 0.4) is 0 Å². The lowest BCUT2D eigenvalue weighted by Crippen LogP contribution is -2.23. The van der Waals surface area contributed by atoms with E-state index in [-0.39, 0.29) is 5.56 Å². The fourth-order valence-corrected chi connectivity index (χ4v) is 3.81. The summed E-state index contributed by atoms with van der Waals surface area (Å²) in [5.41, 5.74) is 4.07. The molecular weight excluding hydrogens is 437 g/mol. The molecule has 0 atom stereocenters. The third kappa shape index (κ3) is 2.86. The van der Waals surface area contributed by atoms with E-state index in [0.29, 0.717) is 17.8 Å². The van der Waals surface area contributed by atoms with Crippen LogP contribution in [-0.2, 0) is 6.54 Å². The van der Waals surface area contributed by atoms with Gasteiger partial charge in [0.25, 0.3) is 5.56 Å². The smallest absolute Gasteiger partial charge is 0.261 e. The Bertz CT molecular complexity index is 1220. The van der Waals surface area contributed by atoms with Gasteiger partial charge in [-0.05, 0) is 72.9 Å². The number of hydrogen-bond acceptors (Lipinski definition) is 2. The predicted octanol–water partition coefficient (Wildman–Crippen LogP) is 4.98. The molecule has 0 bridgehead atoms. The Morgan fingerprint density at radius 3 is 2.77 bits per heavy atom. The minimum absolute atomic E-state index is 0.00585. The molecular formula is C21H18IN3O. The van der Waals surface area contributed by atoms with Crippen molar-refractivity contribution in [2.45, 2.75) is 20.4 Å². The summed E-state index contributed by atoms with van der Waals surface area (Å²) >= 11 is 2.22. The maximum Gasteiger partial charge on any atom is 0.261 e. The lowest BCUT2D eigenvalue weighted by molar-refractivity contribution is 0.708. The Labute approximate surface area is 164 Å². The number of aryl methyl sites for hydroxylation is 1. The normalized spacial score (nSPS) is 11.8. The molecule has 0 saturated heterocycles. The number of hydrogen-bond donors (Lipinski definition) is 1. The molecule has 2 heterocycles. The lowest BCUT2D eigenvalue weighted by atomic mass is 10.1. The van der Waals surface area contributed by atoms with Crippen molar-refractivity contribution in [3.63, 3.8) is 0 Å². The molecule has 0 saturated carbocycles. The molecule has 0 unspecified atom stereocenters. The van der Waals surface area contributed by atoms with E-state index in [1.54, 1.807) is 4.57 Å². The minimum atomic E-state index is 0.00585. The van der Waals surface area contributed by atoms with Gasteiger partial charge in [0.05, 0.1) is 10.9 Å². The summed E-state index contributed by atoms with van der Waals surface area (Å²) in [4.78, 5) is 21.0. The molecule has 0 radical (unpaired) electrons. The molecule has 4 nitrogen and oxygen atoms in total. The van der Waals surface area contributed by atoms with Crippen LogP contribution in [-0.4, -0.2) is 14.5 Å². The maximum atomic E-state index is 12.9. The fraction of sp³-hybridized carbons (Fsp3) is 0.143. The van der Waals surface area contributed by atoms with Crippen molar-refractivity contribution < 1.29 is 0 Å². The number of benzene rings is 2. The molecule has 0 fully saturated rings. The van der Waals surface area contributed by atoms with Crippen molar-refractivity contribution in [3.05, 3.63) is 73.5 Å². The number of para-hydroxylation sites is 1. The summed E-state index contributed by atoms with van der Waals surface area (Å²) in [7, 11) is 0. The van der Waals surface area contributed by atoms with Crippen LogP contribution in [0.1, 0.15) is 24.0 Å². The SMILES string of the molecule is CCn1c(C=Cc2c(C)[nH]c3ccccc23)nc2ccc(I)cc2c1=O. The van der Waals surface area contributed by atoms with Crippen molar-refractivity contribution >= 4 is 56.5 Å². The number of nitrogens with one attached hydrogen (secondary N) is 1. The molecule has 5 heteroatoms. The number of aromatic nitrogens is 3. The number of nitrogens with zero attached hydrogens (tertiary/aromatic N) is 2. The molecule has 0 aliphatic heterocycles. The van der Waals surface area contributed by atoms with Crippen molar-refractivity contribution in [1.29, 1.82) is 0 Å². The first-order valence-corrected chi connectivity index (χ1v) is 9.62. The highest BCUT2D eigenvalue weighted by molar-refractivity contribution is 14.1. The van der Waals surface area contributed by atoms with Gasteiger partial charge in [-0.3, -0.25) is 9.36 Å². The second kappa shape index (κ2) is 6.72. The van der Waals surface area contributed by atoms with Gasteiger partial charge in [-0.15, -0.1) is 0 Å². The third-order valence-electron chi connectivity index (χ3n) is 4.60. The predicted molar refractivity (Wildman–Crippen MR) is 116 cm³/mol. The van der Waals surface area contributed by atoms with Gasteiger partial charge in [0.1, 0.15) is 5.82 Å². The van der Waals surface area contributed by atoms with E-state index in [0.717, 1.165) is 25.9 Å². The van der Waals surface area contributed by atoms with Gasteiger partial charge in [-0.1, -0.05) is 18.2 Å². The van der Waals surface area contributed by atoms with Gasteiger partial charge in [0.2, 0.25) is 0 Å². The molecule has 0 amide bonds. The third-order valence-corrected chi connectivity index (χ3v) is 5.28. The van der Waals surface area contributed by atoms with E-state index in [1.807, 2.05) is 49.4 Å². The number of halogens is 1. The summed E-state index contributed by atoms with van der Waals surface area (Å²) in [6.45, 7) is 4.61. The zero-order valence-electron chi connectivity index (χ0n) is 14.6. The highest BCUT2D eigenvalue weighted by atomic mass is 127. The molecule has 26 heavy (non-hydrogen) atoms. The summed E-state index contributed by atoms with van der Waals surface area (Å²) in [6, 6.07) is 14.0. The monoisotopic (exact) mass is 455 g/mol. The van der Waals surface area contributed by atoms with Crippen LogP contribution >= 0.6 is 22.6 Å². The molecule has 0 spiro atoms. The van der Waals surface area contributed by atoms with Gasteiger partial charge in [-0.2, -0.15) is 0 Å². The average molecular weight is 455 g/mol. The number of aromatic amines is 1. The quantitative estimate of drug-likeness (QED) is 0.443.